The van der Waals surface area contributed by atoms with Gasteiger partial charge in [0.2, 0.25) is 0 Å². The van der Waals surface area contributed by atoms with Crippen molar-refractivity contribution < 1.29 is 10.3 Å². The summed E-state index contributed by atoms with van der Waals surface area (Å²) in [5.74, 6) is 2.00. The van der Waals surface area contributed by atoms with Crippen LogP contribution in [0.3, 0.4) is 0 Å². The molecule has 4 aliphatic carbocycles. The van der Waals surface area contributed by atoms with E-state index in [1.165, 1.54) is 19.3 Å². The van der Waals surface area contributed by atoms with Crippen molar-refractivity contribution in [1.29, 1.82) is 0 Å². The average molecular weight is 209 g/mol. The van der Waals surface area contributed by atoms with Gasteiger partial charge in [0.05, 0.1) is 11.8 Å². The molecule has 0 heterocycles. The second-order valence-corrected chi connectivity index (χ2v) is 5.89. The van der Waals surface area contributed by atoms with Crippen molar-refractivity contribution in [2.24, 2.45) is 28.3 Å². The van der Waals surface area contributed by atoms with Gasteiger partial charge in [0, 0.05) is 5.41 Å². The minimum Gasteiger partial charge on any atom is -0.411 e. The first kappa shape index (κ1) is 9.64. The molecule has 4 bridgehead atoms. The van der Waals surface area contributed by atoms with Crippen molar-refractivity contribution in [3.05, 3.63) is 0 Å². The fourth-order valence-electron chi connectivity index (χ4n) is 4.62. The van der Waals surface area contributed by atoms with Crippen molar-refractivity contribution in [3.8, 4) is 0 Å². The van der Waals surface area contributed by atoms with Crippen molar-refractivity contribution >= 4 is 5.71 Å². The van der Waals surface area contributed by atoms with Gasteiger partial charge < -0.3 is 10.3 Å². The van der Waals surface area contributed by atoms with E-state index >= 15 is 0 Å². The summed E-state index contributed by atoms with van der Waals surface area (Å²) in [6, 6.07) is 0. The summed E-state index contributed by atoms with van der Waals surface area (Å²) in [6.45, 7) is 1.87. The Kier molecular flexibility index (Phi) is 1.91. The monoisotopic (exact) mass is 209 g/mol. The maximum absolute atomic E-state index is 10.4. The fraction of sp³-hybridized carbons (Fsp3) is 0.917. The Bertz CT molecular complexity index is 299. The molecule has 2 N–H and O–H groups in total. The van der Waals surface area contributed by atoms with Crippen LogP contribution < -0.4 is 0 Å². The predicted octanol–water partition coefficient (Wildman–Crippen LogP) is 2.02. The van der Waals surface area contributed by atoms with E-state index in [-0.39, 0.29) is 11.5 Å². The Balaban J connectivity index is 2.01. The number of hydrogen-bond donors (Lipinski definition) is 2. The zero-order valence-electron chi connectivity index (χ0n) is 9.19. The van der Waals surface area contributed by atoms with Crippen LogP contribution in [0.15, 0.2) is 5.16 Å². The Morgan fingerprint density at radius 1 is 1.20 bits per heavy atom. The van der Waals surface area contributed by atoms with Gasteiger partial charge in [-0.3, -0.25) is 0 Å². The summed E-state index contributed by atoms with van der Waals surface area (Å²) < 4.78 is 0. The molecule has 3 heteroatoms. The third-order valence-electron chi connectivity index (χ3n) is 5.13. The molecule has 3 unspecified atom stereocenters. The minimum absolute atomic E-state index is 0.177. The standard InChI is InChI=1S/C12H19NO2/c1-7(13-15)12-5-8-2-9(6-12)4-10(3-8)11(12)14/h8-11,14-15H,2-6H2,1H3. The van der Waals surface area contributed by atoms with E-state index in [2.05, 4.69) is 5.16 Å². The molecule has 4 saturated carbocycles. The number of hydrogen-bond acceptors (Lipinski definition) is 3. The van der Waals surface area contributed by atoms with Crippen LogP contribution in [0.5, 0.6) is 0 Å². The average Bonchev–Trinajstić information content (AvgIpc) is 2.23. The molecule has 3 atom stereocenters. The summed E-state index contributed by atoms with van der Waals surface area (Å²) in [5, 5.41) is 22.8. The van der Waals surface area contributed by atoms with Crippen LogP contribution in [0, 0.1) is 23.2 Å². The van der Waals surface area contributed by atoms with Gasteiger partial charge in [-0.05, 0) is 56.8 Å². The van der Waals surface area contributed by atoms with Crippen LogP contribution in [0.2, 0.25) is 0 Å². The normalized spacial score (nSPS) is 53.6. The number of oxime groups is 1. The zero-order valence-corrected chi connectivity index (χ0v) is 9.19. The molecule has 0 aliphatic heterocycles. The minimum atomic E-state index is -0.263. The molecule has 0 saturated heterocycles. The molecule has 0 aromatic heterocycles. The van der Waals surface area contributed by atoms with Crippen LogP contribution in [0.25, 0.3) is 0 Å². The fourth-order valence-corrected chi connectivity index (χ4v) is 4.62. The van der Waals surface area contributed by atoms with E-state index in [4.69, 9.17) is 5.21 Å². The molecule has 0 spiro atoms. The molecule has 4 aliphatic rings. The number of aliphatic hydroxyl groups is 1. The van der Waals surface area contributed by atoms with Crippen LogP contribution in [0.4, 0.5) is 0 Å². The van der Waals surface area contributed by atoms with Crippen molar-refractivity contribution in [3.63, 3.8) is 0 Å². The number of nitrogens with zero attached hydrogens (tertiary/aromatic N) is 1. The summed E-state index contributed by atoms with van der Waals surface area (Å²) in [5.41, 5.74) is 0.581. The number of aliphatic hydroxyl groups excluding tert-OH is 1. The van der Waals surface area contributed by atoms with Crippen LogP contribution in [-0.2, 0) is 0 Å². The Labute approximate surface area is 90.2 Å². The zero-order chi connectivity index (χ0) is 10.6. The molecule has 0 radical (unpaired) electrons. The molecule has 4 fully saturated rings. The van der Waals surface area contributed by atoms with E-state index in [9.17, 15) is 5.11 Å². The molecule has 15 heavy (non-hydrogen) atoms. The van der Waals surface area contributed by atoms with Gasteiger partial charge in [-0.15, -0.1) is 0 Å². The lowest BCUT2D eigenvalue weighted by Crippen LogP contribution is -2.58. The molecular weight excluding hydrogens is 190 g/mol. The highest BCUT2D eigenvalue weighted by Gasteiger charge is 2.58. The smallest absolute Gasteiger partial charge is 0.0678 e. The first-order valence-corrected chi connectivity index (χ1v) is 6.03. The van der Waals surface area contributed by atoms with Crippen molar-refractivity contribution in [2.45, 2.75) is 45.1 Å². The lowest BCUT2D eigenvalue weighted by atomic mass is 9.47. The van der Waals surface area contributed by atoms with Crippen molar-refractivity contribution in [1.82, 2.24) is 0 Å². The highest BCUT2D eigenvalue weighted by Crippen LogP contribution is 2.60. The Morgan fingerprint density at radius 2 is 1.80 bits per heavy atom. The molecule has 0 aromatic rings. The lowest BCUT2D eigenvalue weighted by molar-refractivity contribution is -0.122. The predicted molar refractivity (Wildman–Crippen MR) is 56.9 cm³/mol. The van der Waals surface area contributed by atoms with E-state index < -0.39 is 0 Å². The second-order valence-electron chi connectivity index (χ2n) is 5.89. The molecule has 0 amide bonds. The van der Waals surface area contributed by atoms with Crippen LogP contribution in [0.1, 0.15) is 39.0 Å². The summed E-state index contributed by atoms with van der Waals surface area (Å²) in [6.07, 6.45) is 5.54. The van der Waals surface area contributed by atoms with E-state index in [1.807, 2.05) is 6.92 Å². The quantitative estimate of drug-likeness (QED) is 0.394. The SMILES string of the molecule is CC(=NO)C12CC3CC(CC(C3)C1O)C2. The third kappa shape index (κ3) is 1.13. The number of rotatable bonds is 1. The topological polar surface area (TPSA) is 52.8 Å². The first-order valence-electron chi connectivity index (χ1n) is 6.03. The summed E-state index contributed by atoms with van der Waals surface area (Å²) in [4.78, 5) is 0. The van der Waals surface area contributed by atoms with Gasteiger partial charge in [0.1, 0.15) is 0 Å². The third-order valence-corrected chi connectivity index (χ3v) is 5.13. The van der Waals surface area contributed by atoms with Gasteiger partial charge >= 0.3 is 0 Å². The molecule has 3 nitrogen and oxygen atoms in total. The first-order chi connectivity index (χ1) is 7.15. The maximum atomic E-state index is 10.4. The lowest BCUT2D eigenvalue weighted by Gasteiger charge is -2.59. The Morgan fingerprint density at radius 3 is 2.33 bits per heavy atom. The highest BCUT2D eigenvalue weighted by atomic mass is 16.4. The van der Waals surface area contributed by atoms with Gasteiger partial charge in [-0.1, -0.05) is 5.16 Å². The van der Waals surface area contributed by atoms with E-state index in [0.717, 1.165) is 30.4 Å². The van der Waals surface area contributed by atoms with E-state index in [0.29, 0.717) is 5.92 Å². The van der Waals surface area contributed by atoms with Gasteiger partial charge in [-0.2, -0.15) is 0 Å². The molecule has 4 rings (SSSR count). The summed E-state index contributed by atoms with van der Waals surface area (Å²) >= 11 is 0. The molecular formula is C12H19NO2. The molecule has 84 valence electrons. The highest BCUT2D eigenvalue weighted by molar-refractivity contribution is 5.88. The van der Waals surface area contributed by atoms with Crippen LogP contribution >= 0.6 is 0 Å². The van der Waals surface area contributed by atoms with Crippen LogP contribution in [-0.4, -0.2) is 22.1 Å². The van der Waals surface area contributed by atoms with Gasteiger partial charge in [-0.25, -0.2) is 0 Å². The molecule has 0 aromatic carbocycles. The van der Waals surface area contributed by atoms with Gasteiger partial charge in [0.15, 0.2) is 0 Å². The van der Waals surface area contributed by atoms with Crippen molar-refractivity contribution in [2.75, 3.05) is 0 Å². The van der Waals surface area contributed by atoms with Gasteiger partial charge in [0.25, 0.3) is 0 Å². The Hall–Kier alpha value is -0.570. The van der Waals surface area contributed by atoms with E-state index in [1.54, 1.807) is 0 Å². The second kappa shape index (κ2) is 2.97. The summed E-state index contributed by atoms with van der Waals surface area (Å²) in [7, 11) is 0. The maximum Gasteiger partial charge on any atom is 0.0678 e. The largest absolute Gasteiger partial charge is 0.411 e.